The molecule has 2 amide bonds. The van der Waals surface area contributed by atoms with Crippen molar-refractivity contribution in [3.63, 3.8) is 0 Å². The lowest BCUT2D eigenvalue weighted by atomic mass is 10.3. The van der Waals surface area contributed by atoms with Crippen LogP contribution in [0, 0.1) is 0 Å². The average molecular weight is 215 g/mol. The largest absolute Gasteiger partial charge is 0.316 e. The lowest BCUT2D eigenvalue weighted by molar-refractivity contribution is -0.135. The van der Waals surface area contributed by atoms with Crippen LogP contribution in [0.1, 0.15) is 13.3 Å². The number of hydrogen-bond acceptors (Lipinski definition) is 4. The maximum atomic E-state index is 10.8. The van der Waals surface area contributed by atoms with Gasteiger partial charge in [-0.25, -0.2) is 4.99 Å². The Morgan fingerprint density at radius 3 is 2.43 bits per heavy atom. The van der Waals surface area contributed by atoms with E-state index in [0.717, 1.165) is 12.2 Å². The first kappa shape index (κ1) is 11.0. The Kier molecular flexibility index (Phi) is 3.94. The minimum atomic E-state index is -0.638. The fourth-order valence-corrected chi connectivity index (χ4v) is 1.57. The van der Waals surface area contributed by atoms with Crippen molar-refractivity contribution in [3.05, 3.63) is 0 Å². The Labute approximate surface area is 86.7 Å². The summed E-state index contributed by atoms with van der Waals surface area (Å²) in [6.07, 6.45) is 2.95. The van der Waals surface area contributed by atoms with Crippen molar-refractivity contribution in [3.8, 4) is 0 Å². The predicted molar refractivity (Wildman–Crippen MR) is 56.2 cm³/mol. The molecule has 1 saturated heterocycles. The van der Waals surface area contributed by atoms with Gasteiger partial charge in [0.15, 0.2) is 0 Å². The standard InChI is InChI=1S/C8H13N3O2S/c1-5(3-4-14-2)9-8-10-6(12)7(13)11-8/h5H,3-4H2,1-2H3,(H2,9,10,11,12,13). The molecule has 1 aliphatic heterocycles. The van der Waals surface area contributed by atoms with Crippen LogP contribution in [0.4, 0.5) is 0 Å². The van der Waals surface area contributed by atoms with Gasteiger partial charge >= 0.3 is 11.8 Å². The zero-order valence-electron chi connectivity index (χ0n) is 8.16. The number of carbonyl (C=O) groups excluding carboxylic acids is 2. The molecule has 1 atom stereocenters. The van der Waals surface area contributed by atoms with Gasteiger partial charge in [0.25, 0.3) is 0 Å². The summed E-state index contributed by atoms with van der Waals surface area (Å²) in [5, 5.41) is 4.71. The molecule has 0 aromatic carbocycles. The van der Waals surface area contributed by atoms with E-state index in [1.54, 1.807) is 11.8 Å². The predicted octanol–water partition coefficient (Wildman–Crippen LogP) is -0.270. The fraction of sp³-hybridized carbons (Fsp3) is 0.625. The Morgan fingerprint density at radius 2 is 1.93 bits per heavy atom. The molecule has 14 heavy (non-hydrogen) atoms. The van der Waals surface area contributed by atoms with Crippen LogP contribution in [0.2, 0.25) is 0 Å². The first-order chi connectivity index (χ1) is 6.63. The van der Waals surface area contributed by atoms with Gasteiger partial charge in [0.2, 0.25) is 5.96 Å². The molecule has 0 saturated carbocycles. The Morgan fingerprint density at radius 1 is 1.36 bits per heavy atom. The molecule has 6 heteroatoms. The summed E-state index contributed by atoms with van der Waals surface area (Å²) >= 11 is 1.75. The van der Waals surface area contributed by atoms with Gasteiger partial charge in [0.05, 0.1) is 6.04 Å². The van der Waals surface area contributed by atoms with Crippen LogP contribution in [0.15, 0.2) is 4.99 Å². The van der Waals surface area contributed by atoms with Crippen LogP contribution < -0.4 is 10.6 Å². The molecule has 1 unspecified atom stereocenters. The van der Waals surface area contributed by atoms with Gasteiger partial charge in [-0.1, -0.05) is 0 Å². The number of nitrogens with zero attached hydrogens (tertiary/aromatic N) is 1. The molecular weight excluding hydrogens is 202 g/mol. The van der Waals surface area contributed by atoms with Crippen LogP contribution in [-0.2, 0) is 9.59 Å². The Balaban J connectivity index is 2.45. The number of guanidine groups is 1. The highest BCUT2D eigenvalue weighted by atomic mass is 32.2. The summed E-state index contributed by atoms with van der Waals surface area (Å²) in [6.45, 7) is 1.94. The van der Waals surface area contributed by atoms with Crippen molar-refractivity contribution in [2.45, 2.75) is 19.4 Å². The lowest BCUT2D eigenvalue weighted by Gasteiger charge is -2.05. The minimum absolute atomic E-state index is 0.108. The van der Waals surface area contributed by atoms with Crippen molar-refractivity contribution >= 4 is 29.5 Å². The number of hydrogen-bond donors (Lipinski definition) is 2. The van der Waals surface area contributed by atoms with E-state index in [0.29, 0.717) is 0 Å². The highest BCUT2D eigenvalue weighted by Crippen LogP contribution is 2.03. The first-order valence-electron chi connectivity index (χ1n) is 4.32. The maximum absolute atomic E-state index is 10.8. The van der Waals surface area contributed by atoms with Gasteiger partial charge in [-0.3, -0.25) is 20.2 Å². The summed E-state index contributed by atoms with van der Waals surface area (Å²) in [7, 11) is 0. The van der Waals surface area contributed by atoms with Crippen molar-refractivity contribution in [1.29, 1.82) is 0 Å². The molecular formula is C8H13N3O2S. The van der Waals surface area contributed by atoms with Gasteiger partial charge in [-0.05, 0) is 25.4 Å². The molecule has 1 aliphatic rings. The summed E-state index contributed by atoms with van der Waals surface area (Å²) in [4.78, 5) is 25.7. The van der Waals surface area contributed by atoms with E-state index < -0.39 is 11.8 Å². The molecule has 2 N–H and O–H groups in total. The quantitative estimate of drug-likeness (QED) is 0.634. The molecule has 1 fully saturated rings. The van der Waals surface area contributed by atoms with E-state index in [1.807, 2.05) is 13.2 Å². The Bertz CT molecular complexity index is 260. The van der Waals surface area contributed by atoms with Gasteiger partial charge in [0.1, 0.15) is 0 Å². The zero-order valence-corrected chi connectivity index (χ0v) is 8.98. The fourth-order valence-electron chi connectivity index (χ4n) is 0.998. The number of carbonyl (C=O) groups is 2. The topological polar surface area (TPSA) is 70.6 Å². The SMILES string of the molecule is CSCCC(C)N=C1NC(=O)C(=O)N1. The first-order valence-corrected chi connectivity index (χ1v) is 5.72. The summed E-state index contributed by atoms with van der Waals surface area (Å²) in [5.74, 6) is 0.00932. The third kappa shape index (κ3) is 3.02. The Hall–Kier alpha value is -1.04. The van der Waals surface area contributed by atoms with Crippen molar-refractivity contribution in [2.75, 3.05) is 12.0 Å². The molecule has 0 spiro atoms. The maximum Gasteiger partial charge on any atom is 0.316 e. The summed E-state index contributed by atoms with van der Waals surface area (Å²) in [5.41, 5.74) is 0. The van der Waals surface area contributed by atoms with Crippen molar-refractivity contribution in [2.24, 2.45) is 4.99 Å². The molecule has 1 rings (SSSR count). The highest BCUT2D eigenvalue weighted by molar-refractivity contribution is 7.98. The van der Waals surface area contributed by atoms with Gasteiger partial charge in [0, 0.05) is 0 Å². The van der Waals surface area contributed by atoms with E-state index in [1.165, 1.54) is 0 Å². The van der Waals surface area contributed by atoms with Crippen LogP contribution in [0.25, 0.3) is 0 Å². The summed E-state index contributed by atoms with van der Waals surface area (Å²) in [6, 6.07) is 0.108. The number of nitrogens with one attached hydrogen (secondary N) is 2. The van der Waals surface area contributed by atoms with E-state index >= 15 is 0 Å². The van der Waals surface area contributed by atoms with Gasteiger partial charge in [-0.15, -0.1) is 0 Å². The molecule has 1 heterocycles. The van der Waals surface area contributed by atoms with E-state index in [2.05, 4.69) is 15.6 Å². The molecule has 78 valence electrons. The molecule has 0 aliphatic carbocycles. The second-order valence-corrected chi connectivity index (χ2v) is 4.00. The molecule has 0 aromatic rings. The minimum Gasteiger partial charge on any atom is -0.288 e. The number of rotatable bonds is 4. The van der Waals surface area contributed by atoms with E-state index in [4.69, 9.17) is 0 Å². The van der Waals surface area contributed by atoms with Crippen LogP contribution in [0.3, 0.4) is 0 Å². The number of aliphatic imine (C=N–C) groups is 1. The summed E-state index contributed by atoms with van der Waals surface area (Å²) < 4.78 is 0. The second-order valence-electron chi connectivity index (χ2n) is 3.02. The van der Waals surface area contributed by atoms with Crippen LogP contribution >= 0.6 is 11.8 Å². The van der Waals surface area contributed by atoms with Gasteiger partial charge in [-0.2, -0.15) is 11.8 Å². The number of amides is 2. The third-order valence-corrected chi connectivity index (χ3v) is 2.40. The lowest BCUT2D eigenvalue weighted by Crippen LogP contribution is -2.27. The third-order valence-electron chi connectivity index (χ3n) is 1.76. The molecule has 5 nitrogen and oxygen atoms in total. The van der Waals surface area contributed by atoms with Gasteiger partial charge < -0.3 is 0 Å². The number of thioether (sulfide) groups is 1. The van der Waals surface area contributed by atoms with Crippen LogP contribution in [0.5, 0.6) is 0 Å². The van der Waals surface area contributed by atoms with Crippen molar-refractivity contribution < 1.29 is 9.59 Å². The monoisotopic (exact) mass is 215 g/mol. The normalized spacial score (nSPS) is 17.7. The smallest absolute Gasteiger partial charge is 0.288 e. The van der Waals surface area contributed by atoms with Crippen molar-refractivity contribution in [1.82, 2.24) is 10.6 Å². The molecule has 0 radical (unpaired) electrons. The van der Waals surface area contributed by atoms with E-state index in [-0.39, 0.29) is 12.0 Å². The van der Waals surface area contributed by atoms with Crippen LogP contribution in [-0.4, -0.2) is 35.8 Å². The van der Waals surface area contributed by atoms with E-state index in [9.17, 15) is 9.59 Å². The average Bonchev–Trinajstić information content (AvgIpc) is 2.42. The highest BCUT2D eigenvalue weighted by Gasteiger charge is 2.25. The second kappa shape index (κ2) is 4.99. The molecule has 0 aromatic heterocycles. The zero-order chi connectivity index (χ0) is 10.6. The molecule has 0 bridgehead atoms.